The molecule has 0 radical (unpaired) electrons. The fourth-order valence-electron chi connectivity index (χ4n) is 1.23. The molecule has 0 aromatic heterocycles. The van der Waals surface area contributed by atoms with Crippen LogP contribution < -0.4 is 0 Å². The molecule has 2 nitrogen and oxygen atoms in total. The highest BCUT2D eigenvalue weighted by molar-refractivity contribution is 8.01. The molecule has 1 N–H and O–H groups in total. The van der Waals surface area contributed by atoms with Gasteiger partial charge >= 0.3 is 0 Å². The summed E-state index contributed by atoms with van der Waals surface area (Å²) in [6.07, 6.45) is 0.724. The number of aliphatic hydroxyl groups is 1. The van der Waals surface area contributed by atoms with Crippen molar-refractivity contribution >= 4 is 11.8 Å². The molecule has 0 aromatic rings. The highest BCUT2D eigenvalue weighted by Gasteiger charge is 2.38. The SMILES string of the molecule is COCC1(C)SCCC1O. The van der Waals surface area contributed by atoms with Crippen LogP contribution in [0, 0.1) is 0 Å². The first-order chi connectivity index (χ1) is 4.69. The van der Waals surface area contributed by atoms with Crippen molar-refractivity contribution < 1.29 is 9.84 Å². The summed E-state index contributed by atoms with van der Waals surface area (Å²) in [4.78, 5) is 0. The van der Waals surface area contributed by atoms with Crippen molar-refractivity contribution in [1.29, 1.82) is 0 Å². The van der Waals surface area contributed by atoms with Gasteiger partial charge in [-0.1, -0.05) is 0 Å². The van der Waals surface area contributed by atoms with Crippen LogP contribution in [-0.2, 0) is 4.74 Å². The number of thioether (sulfide) groups is 1. The Morgan fingerprint density at radius 3 is 2.90 bits per heavy atom. The number of hydrogen-bond acceptors (Lipinski definition) is 3. The van der Waals surface area contributed by atoms with Gasteiger partial charge in [-0.25, -0.2) is 0 Å². The van der Waals surface area contributed by atoms with Gasteiger partial charge < -0.3 is 9.84 Å². The van der Waals surface area contributed by atoms with Gasteiger partial charge in [0.2, 0.25) is 0 Å². The second-order valence-electron chi connectivity index (χ2n) is 2.90. The van der Waals surface area contributed by atoms with Crippen LogP contribution in [-0.4, -0.2) is 35.4 Å². The molecule has 3 heteroatoms. The molecule has 10 heavy (non-hydrogen) atoms. The zero-order valence-corrected chi connectivity index (χ0v) is 7.28. The van der Waals surface area contributed by atoms with Gasteiger partial charge in [0.15, 0.2) is 0 Å². The zero-order valence-electron chi connectivity index (χ0n) is 6.46. The predicted molar refractivity (Wildman–Crippen MR) is 43.4 cm³/mol. The van der Waals surface area contributed by atoms with Crippen LogP contribution in [0.15, 0.2) is 0 Å². The van der Waals surface area contributed by atoms with Gasteiger partial charge in [0.05, 0.1) is 17.5 Å². The van der Waals surface area contributed by atoms with Gasteiger partial charge in [-0.05, 0) is 19.1 Å². The van der Waals surface area contributed by atoms with Crippen molar-refractivity contribution in [3.05, 3.63) is 0 Å². The van der Waals surface area contributed by atoms with Crippen LogP contribution in [0.3, 0.4) is 0 Å². The Kier molecular flexibility index (Phi) is 2.61. The molecule has 2 atom stereocenters. The molecule has 1 saturated heterocycles. The van der Waals surface area contributed by atoms with E-state index in [1.807, 2.05) is 0 Å². The molecular weight excluding hydrogens is 148 g/mol. The van der Waals surface area contributed by atoms with Crippen molar-refractivity contribution in [2.75, 3.05) is 19.5 Å². The standard InChI is InChI=1S/C7H14O2S/c1-7(5-9-2)6(8)3-4-10-7/h6,8H,3-5H2,1-2H3. The predicted octanol–water partition coefficient (Wildman–Crippen LogP) is 0.889. The second-order valence-corrected chi connectivity index (χ2v) is 4.53. The average Bonchev–Trinajstić information content (AvgIpc) is 2.15. The maximum absolute atomic E-state index is 9.48. The van der Waals surface area contributed by atoms with E-state index in [9.17, 15) is 5.11 Å². The minimum atomic E-state index is -0.183. The summed E-state index contributed by atoms with van der Waals surface area (Å²) in [6.45, 7) is 2.71. The molecule has 0 amide bonds. The molecule has 0 saturated carbocycles. The fraction of sp³-hybridized carbons (Fsp3) is 1.00. The van der Waals surface area contributed by atoms with E-state index in [-0.39, 0.29) is 10.9 Å². The summed E-state index contributed by atoms with van der Waals surface area (Å²) in [7, 11) is 1.68. The van der Waals surface area contributed by atoms with Crippen LogP contribution in [0.5, 0.6) is 0 Å². The fourth-order valence-corrected chi connectivity index (χ4v) is 2.55. The van der Waals surface area contributed by atoms with Gasteiger partial charge in [-0.15, -0.1) is 0 Å². The van der Waals surface area contributed by atoms with E-state index in [4.69, 9.17) is 4.74 Å². The molecule has 2 unspecified atom stereocenters. The normalized spacial score (nSPS) is 40.5. The number of rotatable bonds is 2. The average molecular weight is 162 g/mol. The number of methoxy groups -OCH3 is 1. The van der Waals surface area contributed by atoms with E-state index in [2.05, 4.69) is 6.92 Å². The first-order valence-corrected chi connectivity index (χ1v) is 4.48. The molecule has 1 aliphatic heterocycles. The first kappa shape index (κ1) is 8.37. The van der Waals surface area contributed by atoms with Gasteiger partial charge in [-0.2, -0.15) is 11.8 Å². The van der Waals surface area contributed by atoms with Crippen molar-refractivity contribution in [2.45, 2.75) is 24.2 Å². The molecule has 0 aromatic carbocycles. The molecule has 1 heterocycles. The van der Waals surface area contributed by atoms with Crippen molar-refractivity contribution in [3.8, 4) is 0 Å². The van der Waals surface area contributed by atoms with Crippen molar-refractivity contribution in [2.24, 2.45) is 0 Å². The van der Waals surface area contributed by atoms with Crippen molar-refractivity contribution in [1.82, 2.24) is 0 Å². The minimum absolute atomic E-state index is 0.0469. The molecule has 1 fully saturated rings. The number of ether oxygens (including phenoxy) is 1. The number of aliphatic hydroxyl groups excluding tert-OH is 1. The Bertz CT molecular complexity index is 118. The van der Waals surface area contributed by atoms with E-state index in [1.165, 1.54) is 0 Å². The highest BCUT2D eigenvalue weighted by Crippen LogP contribution is 2.37. The largest absolute Gasteiger partial charge is 0.392 e. The lowest BCUT2D eigenvalue weighted by Gasteiger charge is -2.25. The molecule has 1 rings (SSSR count). The summed E-state index contributed by atoms with van der Waals surface area (Å²) < 4.78 is 4.97. The highest BCUT2D eigenvalue weighted by atomic mass is 32.2. The van der Waals surface area contributed by atoms with E-state index < -0.39 is 0 Å². The van der Waals surface area contributed by atoms with Gasteiger partial charge in [0, 0.05) is 7.11 Å². The Morgan fingerprint density at radius 2 is 2.50 bits per heavy atom. The van der Waals surface area contributed by atoms with Crippen LogP contribution in [0.1, 0.15) is 13.3 Å². The lowest BCUT2D eigenvalue weighted by atomic mass is 10.0. The van der Waals surface area contributed by atoms with Gasteiger partial charge in [0.1, 0.15) is 0 Å². The Hall–Kier alpha value is 0.270. The maximum Gasteiger partial charge on any atom is 0.0714 e. The monoisotopic (exact) mass is 162 g/mol. The minimum Gasteiger partial charge on any atom is -0.392 e. The number of hydrogen-bond donors (Lipinski definition) is 1. The third-order valence-corrected chi connectivity index (χ3v) is 3.45. The van der Waals surface area contributed by atoms with Gasteiger partial charge in [0.25, 0.3) is 0 Å². The molecule has 0 spiro atoms. The summed E-state index contributed by atoms with van der Waals surface area (Å²) in [5.41, 5.74) is 0. The van der Waals surface area contributed by atoms with Crippen LogP contribution in [0.4, 0.5) is 0 Å². The molecule has 1 aliphatic rings. The Morgan fingerprint density at radius 1 is 1.80 bits per heavy atom. The smallest absolute Gasteiger partial charge is 0.0714 e. The van der Waals surface area contributed by atoms with E-state index >= 15 is 0 Å². The van der Waals surface area contributed by atoms with Crippen LogP contribution >= 0.6 is 11.8 Å². The summed E-state index contributed by atoms with van der Waals surface area (Å²) >= 11 is 1.80. The molecular formula is C7H14O2S. The molecule has 0 aliphatic carbocycles. The Balaban J connectivity index is 2.48. The third-order valence-electron chi connectivity index (χ3n) is 1.96. The van der Waals surface area contributed by atoms with Crippen LogP contribution in [0.25, 0.3) is 0 Å². The molecule has 60 valence electrons. The van der Waals surface area contributed by atoms with Gasteiger partial charge in [-0.3, -0.25) is 0 Å². The lowest BCUT2D eigenvalue weighted by Crippen LogP contribution is -2.35. The zero-order chi connectivity index (χ0) is 7.61. The quantitative estimate of drug-likeness (QED) is 0.654. The summed E-state index contributed by atoms with van der Waals surface area (Å²) in [6, 6.07) is 0. The first-order valence-electron chi connectivity index (χ1n) is 3.50. The summed E-state index contributed by atoms with van der Waals surface area (Å²) in [5.74, 6) is 1.06. The van der Waals surface area contributed by atoms with E-state index in [1.54, 1.807) is 18.9 Å². The van der Waals surface area contributed by atoms with Crippen molar-refractivity contribution in [3.63, 3.8) is 0 Å². The Labute approximate surface area is 66.0 Å². The van der Waals surface area contributed by atoms with Crippen LogP contribution in [0.2, 0.25) is 0 Å². The van der Waals surface area contributed by atoms with E-state index in [0.717, 1.165) is 12.2 Å². The second kappa shape index (κ2) is 3.11. The molecule has 0 bridgehead atoms. The lowest BCUT2D eigenvalue weighted by molar-refractivity contribution is 0.0822. The maximum atomic E-state index is 9.48. The van der Waals surface area contributed by atoms with E-state index in [0.29, 0.717) is 6.61 Å². The summed E-state index contributed by atoms with van der Waals surface area (Å²) in [5, 5.41) is 9.48. The topological polar surface area (TPSA) is 29.5 Å². The third kappa shape index (κ3) is 1.47.